The predicted octanol–water partition coefficient (Wildman–Crippen LogP) is -0.741. The molecule has 0 aliphatic carbocycles. The molecule has 0 spiro atoms. The minimum atomic E-state index is -1.83. The van der Waals surface area contributed by atoms with Crippen LogP contribution in [0.1, 0.15) is 0 Å². The van der Waals surface area contributed by atoms with Crippen molar-refractivity contribution in [2.24, 2.45) is 0 Å². The number of rotatable bonds is 2. The van der Waals surface area contributed by atoms with E-state index in [2.05, 4.69) is 21.1 Å². The summed E-state index contributed by atoms with van der Waals surface area (Å²) >= 11 is 0. The first-order chi connectivity index (χ1) is 4.79. The Labute approximate surface area is 115 Å². The molecule has 0 saturated heterocycles. The summed E-state index contributed by atoms with van der Waals surface area (Å²) in [6, 6.07) is 0. The fourth-order valence-corrected chi connectivity index (χ4v) is 0.300. The monoisotopic (exact) mass is 206 g/mol. The minimum absolute atomic E-state index is 0. The molecule has 70 valence electrons. The zero-order valence-electron chi connectivity index (χ0n) is 7.11. The zero-order valence-corrected chi connectivity index (χ0v) is 7.11. The summed E-state index contributed by atoms with van der Waals surface area (Å²) < 4.78 is 0.844. The molecule has 0 aromatic heterocycles. The molecule has 0 radical (unpaired) electrons. The number of aliphatic hydroxyl groups is 1. The Kier molecular flexibility index (Phi) is 15.3. The van der Waals surface area contributed by atoms with E-state index in [0.717, 1.165) is 11.0 Å². The van der Waals surface area contributed by atoms with Gasteiger partial charge in [-0.1, -0.05) is 0 Å². The van der Waals surface area contributed by atoms with Gasteiger partial charge in [-0.05, 0) is 0 Å². The van der Waals surface area contributed by atoms with Crippen LogP contribution in [-0.2, 0) is 0 Å². The van der Waals surface area contributed by atoms with Crippen LogP contribution in [0.4, 0.5) is 4.79 Å². The van der Waals surface area contributed by atoms with Crippen LogP contribution in [0.3, 0.4) is 0 Å². The first kappa shape index (κ1) is 18.6. The average Bonchev–Trinajstić information content (AvgIpc) is 1.58. The molecular formula is C6H17KNO4+. The van der Waals surface area contributed by atoms with Gasteiger partial charge in [0, 0.05) is 0 Å². The molecule has 0 rings (SSSR count). The molecule has 5 nitrogen and oxygen atoms in total. The van der Waals surface area contributed by atoms with Crippen LogP contribution in [0.5, 0.6) is 0 Å². The topological polar surface area (TPSA) is 77.8 Å². The molecule has 0 amide bonds. The quantitative estimate of drug-likeness (QED) is 0.411. The van der Waals surface area contributed by atoms with Crippen molar-refractivity contribution in [2.75, 3.05) is 34.3 Å². The van der Waals surface area contributed by atoms with Gasteiger partial charge in [0.1, 0.15) is 6.54 Å². The fourth-order valence-electron chi connectivity index (χ4n) is 0.300. The summed E-state index contributed by atoms with van der Waals surface area (Å²) in [5.41, 5.74) is 0. The van der Waals surface area contributed by atoms with Crippen LogP contribution < -0.4 is 0 Å². The summed E-state index contributed by atoms with van der Waals surface area (Å²) in [4.78, 5) is 8.56. The summed E-state index contributed by atoms with van der Waals surface area (Å²) in [6.07, 6.45) is -1.83. The number of quaternary nitrogens is 1. The summed E-state index contributed by atoms with van der Waals surface area (Å²) in [7, 11) is 6.16. The average molecular weight is 206 g/mol. The Bertz CT molecular complexity index is 109. The molecule has 0 atom stereocenters. The van der Waals surface area contributed by atoms with E-state index in [9.17, 15) is 0 Å². The number of nitrogens with zero attached hydrogens (tertiary/aromatic N) is 1. The van der Waals surface area contributed by atoms with E-state index >= 15 is 0 Å². The van der Waals surface area contributed by atoms with E-state index in [0.29, 0.717) is 0 Å². The molecular weight excluding hydrogens is 189 g/mol. The van der Waals surface area contributed by atoms with E-state index in [-0.39, 0.29) is 58.0 Å². The van der Waals surface area contributed by atoms with Crippen molar-refractivity contribution in [3.05, 3.63) is 0 Å². The summed E-state index contributed by atoms with van der Waals surface area (Å²) in [6.45, 7) is 1.11. The number of carbonyl (C=O) groups is 1. The molecule has 12 heavy (non-hydrogen) atoms. The van der Waals surface area contributed by atoms with Gasteiger partial charge in [-0.3, -0.25) is 0 Å². The molecule has 0 fully saturated rings. The van der Waals surface area contributed by atoms with Gasteiger partial charge in [0.05, 0.1) is 27.7 Å². The third-order valence-corrected chi connectivity index (χ3v) is 0.771. The van der Waals surface area contributed by atoms with Gasteiger partial charge in [0.15, 0.2) is 0 Å². The van der Waals surface area contributed by atoms with Gasteiger partial charge < -0.3 is 19.8 Å². The maximum absolute atomic E-state index is 8.56. The van der Waals surface area contributed by atoms with E-state index in [4.69, 9.17) is 20.1 Å². The zero-order chi connectivity index (χ0) is 9.49. The fraction of sp³-hybridized carbons (Fsp3) is 0.833. The van der Waals surface area contributed by atoms with Crippen molar-refractivity contribution >= 4 is 57.5 Å². The van der Waals surface area contributed by atoms with E-state index in [1.165, 1.54) is 0 Å². The number of hydrogen-bond donors (Lipinski definition) is 3. The number of aliphatic hydroxyl groups excluding tert-OH is 1. The van der Waals surface area contributed by atoms with Gasteiger partial charge >= 0.3 is 57.5 Å². The molecule has 0 unspecified atom stereocenters. The first-order valence-electron chi connectivity index (χ1n) is 3.13. The molecule has 0 aromatic carbocycles. The summed E-state index contributed by atoms with van der Waals surface area (Å²) in [5.74, 6) is 0. The van der Waals surface area contributed by atoms with Gasteiger partial charge in [-0.25, -0.2) is 4.79 Å². The van der Waals surface area contributed by atoms with Crippen LogP contribution in [0, 0.1) is 0 Å². The molecule has 0 aliphatic rings. The number of likely N-dealkylation sites (N-methyl/N-ethyl adjacent to an activating group) is 1. The van der Waals surface area contributed by atoms with Gasteiger partial charge in [-0.2, -0.15) is 0 Å². The standard InChI is InChI=1S/C5H14NO.CH2O3.K.H/c1-6(2,3)4-5-7;2-1(3)4;;/h7H,4-5H2,1-3H3;(H2,2,3,4);;/q+1;;;. The maximum atomic E-state index is 8.56. The van der Waals surface area contributed by atoms with Crippen LogP contribution in [-0.4, -0.2) is 112 Å². The van der Waals surface area contributed by atoms with Crippen molar-refractivity contribution in [2.45, 2.75) is 0 Å². The molecule has 0 aliphatic heterocycles. The normalized spacial score (nSPS) is 9.00. The Morgan fingerprint density at radius 1 is 1.25 bits per heavy atom. The van der Waals surface area contributed by atoms with Gasteiger partial charge in [0.2, 0.25) is 0 Å². The molecule has 3 N–H and O–H groups in total. The number of carboxylic acid groups (broad SMARTS) is 2. The Balaban J connectivity index is -0.000000142. The van der Waals surface area contributed by atoms with Crippen molar-refractivity contribution < 1.29 is 24.6 Å². The Morgan fingerprint density at radius 3 is 1.50 bits per heavy atom. The Morgan fingerprint density at radius 2 is 1.50 bits per heavy atom. The van der Waals surface area contributed by atoms with Crippen molar-refractivity contribution in [3.63, 3.8) is 0 Å². The van der Waals surface area contributed by atoms with Crippen molar-refractivity contribution in [1.29, 1.82) is 0 Å². The molecule has 0 bridgehead atoms. The molecule has 6 heteroatoms. The summed E-state index contributed by atoms with van der Waals surface area (Å²) in [5, 5.41) is 22.3. The predicted molar refractivity (Wildman–Crippen MR) is 47.8 cm³/mol. The molecule has 0 aromatic rings. The molecule has 0 saturated carbocycles. The third-order valence-electron chi connectivity index (χ3n) is 0.771. The molecule has 0 heterocycles. The second-order valence-electron chi connectivity index (χ2n) is 3.02. The Hall–Kier alpha value is 0.826. The van der Waals surface area contributed by atoms with Gasteiger partial charge in [-0.15, -0.1) is 0 Å². The van der Waals surface area contributed by atoms with Crippen molar-refractivity contribution in [1.82, 2.24) is 0 Å². The van der Waals surface area contributed by atoms with E-state index in [1.807, 2.05) is 0 Å². The van der Waals surface area contributed by atoms with E-state index in [1.54, 1.807) is 0 Å². The van der Waals surface area contributed by atoms with Crippen LogP contribution in [0.2, 0.25) is 0 Å². The second-order valence-corrected chi connectivity index (χ2v) is 3.02. The van der Waals surface area contributed by atoms with E-state index < -0.39 is 6.16 Å². The van der Waals surface area contributed by atoms with Gasteiger partial charge in [0.25, 0.3) is 0 Å². The second kappa shape index (κ2) is 9.91. The van der Waals surface area contributed by atoms with Crippen LogP contribution in [0.15, 0.2) is 0 Å². The third kappa shape index (κ3) is 44.9. The van der Waals surface area contributed by atoms with Crippen LogP contribution >= 0.6 is 0 Å². The number of hydrogen-bond acceptors (Lipinski definition) is 2. The first-order valence-corrected chi connectivity index (χ1v) is 3.13. The van der Waals surface area contributed by atoms with Crippen molar-refractivity contribution in [3.8, 4) is 0 Å². The SMILES string of the molecule is C[N+](C)(C)CCO.O=C(O)O.[KH]. The van der Waals surface area contributed by atoms with Crippen LogP contribution in [0.25, 0.3) is 0 Å².